The van der Waals surface area contributed by atoms with Crippen LogP contribution in [0, 0.1) is 24.0 Å². The lowest BCUT2D eigenvalue weighted by Gasteiger charge is -2.13. The monoisotopic (exact) mass is 489 g/mol. The number of non-ortho nitro benzene ring substituents is 1. The first-order valence-electron chi connectivity index (χ1n) is 10.7. The number of benzene rings is 3. The molecule has 0 radical (unpaired) electrons. The van der Waals surface area contributed by atoms with E-state index in [1.807, 2.05) is 54.0 Å². The summed E-state index contributed by atoms with van der Waals surface area (Å²) in [7, 11) is 1.39. The minimum atomic E-state index is -0.520. The molecular weight excluding hydrogens is 466 g/mol. The van der Waals surface area contributed by atoms with Gasteiger partial charge in [-0.05, 0) is 43.2 Å². The number of hydrogen-bond donors (Lipinski definition) is 1. The summed E-state index contributed by atoms with van der Waals surface area (Å²) in [5.74, 6) is 0.631. The zero-order valence-electron chi connectivity index (χ0n) is 19.4. The topological polar surface area (TPSA) is 112 Å². The van der Waals surface area contributed by atoms with Crippen LogP contribution in [0.4, 0.5) is 11.4 Å². The Hall–Kier alpha value is -4.18. The van der Waals surface area contributed by atoms with Crippen LogP contribution in [0.3, 0.4) is 0 Å². The van der Waals surface area contributed by atoms with Crippen molar-refractivity contribution >= 4 is 29.0 Å². The van der Waals surface area contributed by atoms with E-state index in [2.05, 4.69) is 28.5 Å². The van der Waals surface area contributed by atoms with Gasteiger partial charge in [-0.2, -0.15) is 0 Å². The molecule has 4 rings (SSSR count). The Morgan fingerprint density at radius 2 is 1.83 bits per heavy atom. The summed E-state index contributed by atoms with van der Waals surface area (Å²) in [6, 6.07) is 19.9. The number of aryl methyl sites for hydroxylation is 2. The van der Waals surface area contributed by atoms with Gasteiger partial charge in [-0.3, -0.25) is 19.5 Å². The van der Waals surface area contributed by atoms with Gasteiger partial charge in [0.25, 0.3) is 5.69 Å². The van der Waals surface area contributed by atoms with Crippen LogP contribution in [0.1, 0.15) is 11.1 Å². The van der Waals surface area contributed by atoms with Crippen molar-refractivity contribution in [1.29, 1.82) is 0 Å². The molecule has 0 aliphatic heterocycles. The second kappa shape index (κ2) is 10.4. The molecule has 0 bridgehead atoms. The van der Waals surface area contributed by atoms with Gasteiger partial charge in [-0.25, -0.2) is 0 Å². The Labute approximate surface area is 206 Å². The van der Waals surface area contributed by atoms with Gasteiger partial charge in [0.15, 0.2) is 11.0 Å². The van der Waals surface area contributed by atoms with E-state index in [1.165, 1.54) is 42.6 Å². The zero-order valence-corrected chi connectivity index (χ0v) is 20.2. The third-order valence-electron chi connectivity index (χ3n) is 5.42. The molecule has 0 unspecified atom stereocenters. The molecule has 1 aromatic heterocycles. The van der Waals surface area contributed by atoms with Crippen molar-refractivity contribution in [2.24, 2.45) is 0 Å². The van der Waals surface area contributed by atoms with Crippen molar-refractivity contribution in [1.82, 2.24) is 14.8 Å². The maximum Gasteiger partial charge on any atom is 0.273 e. The number of nitro groups is 1. The Morgan fingerprint density at radius 1 is 1.06 bits per heavy atom. The quantitative estimate of drug-likeness (QED) is 0.206. The summed E-state index contributed by atoms with van der Waals surface area (Å²) < 4.78 is 7.13. The molecule has 0 aliphatic carbocycles. The molecule has 0 saturated carbocycles. The first-order chi connectivity index (χ1) is 16.9. The Morgan fingerprint density at radius 3 is 2.51 bits per heavy atom. The van der Waals surface area contributed by atoms with Crippen molar-refractivity contribution in [2.45, 2.75) is 19.0 Å². The van der Waals surface area contributed by atoms with Crippen molar-refractivity contribution in [3.8, 4) is 22.8 Å². The van der Waals surface area contributed by atoms with Crippen LogP contribution in [0.25, 0.3) is 17.1 Å². The number of anilines is 1. The molecule has 0 aliphatic rings. The van der Waals surface area contributed by atoms with E-state index in [9.17, 15) is 14.9 Å². The fraction of sp³-hybridized carbons (Fsp3) is 0.160. The van der Waals surface area contributed by atoms with Gasteiger partial charge >= 0.3 is 0 Å². The standard InChI is InChI=1S/C25H23N5O4S/c1-16-9-10-19(13-17(16)2)29-24(18-7-5-4-6-8-18)27-28-25(29)35-15-23(31)26-21-12-11-20(30(32)33)14-22(21)34-3/h4-14H,15H2,1-3H3,(H,26,31). The number of nitro benzene ring substituents is 1. The second-order valence-electron chi connectivity index (χ2n) is 7.75. The molecule has 35 heavy (non-hydrogen) atoms. The molecule has 0 saturated heterocycles. The minimum absolute atomic E-state index is 0.0535. The highest BCUT2D eigenvalue weighted by Gasteiger charge is 2.19. The molecule has 10 heteroatoms. The second-order valence-corrected chi connectivity index (χ2v) is 8.70. The molecule has 0 fully saturated rings. The Kier molecular flexibility index (Phi) is 7.11. The summed E-state index contributed by atoms with van der Waals surface area (Å²) in [5.41, 5.74) is 4.35. The van der Waals surface area contributed by atoms with Gasteiger partial charge in [0.1, 0.15) is 5.75 Å². The molecule has 178 valence electrons. The Balaban J connectivity index is 1.59. The first kappa shape index (κ1) is 24.0. The highest BCUT2D eigenvalue weighted by atomic mass is 32.2. The zero-order chi connectivity index (χ0) is 24.9. The number of thioether (sulfide) groups is 1. The minimum Gasteiger partial charge on any atom is -0.494 e. The predicted octanol–water partition coefficient (Wildman–Crippen LogP) is 5.20. The molecular formula is C25H23N5O4S. The van der Waals surface area contributed by atoms with E-state index in [-0.39, 0.29) is 23.1 Å². The lowest BCUT2D eigenvalue weighted by Crippen LogP contribution is -2.15. The Bertz CT molecular complexity index is 1390. The number of nitrogens with one attached hydrogen (secondary N) is 1. The fourth-order valence-corrected chi connectivity index (χ4v) is 4.20. The highest BCUT2D eigenvalue weighted by molar-refractivity contribution is 7.99. The van der Waals surface area contributed by atoms with Gasteiger partial charge in [0.2, 0.25) is 5.91 Å². The third kappa shape index (κ3) is 5.33. The smallest absolute Gasteiger partial charge is 0.273 e. The molecule has 1 amide bonds. The van der Waals surface area contributed by atoms with Gasteiger partial charge in [0.05, 0.1) is 35.2 Å². The van der Waals surface area contributed by atoms with Crippen molar-refractivity contribution in [3.63, 3.8) is 0 Å². The van der Waals surface area contributed by atoms with E-state index in [0.717, 1.165) is 16.8 Å². The van der Waals surface area contributed by atoms with Gasteiger partial charge in [-0.15, -0.1) is 10.2 Å². The normalized spacial score (nSPS) is 10.7. The lowest BCUT2D eigenvalue weighted by atomic mass is 10.1. The number of nitrogens with zero attached hydrogens (tertiary/aromatic N) is 4. The van der Waals surface area contributed by atoms with E-state index in [4.69, 9.17) is 4.74 Å². The van der Waals surface area contributed by atoms with Crippen LogP contribution >= 0.6 is 11.8 Å². The molecule has 1 N–H and O–H groups in total. The first-order valence-corrected chi connectivity index (χ1v) is 11.7. The number of carbonyl (C=O) groups excluding carboxylic acids is 1. The largest absolute Gasteiger partial charge is 0.494 e. The van der Waals surface area contributed by atoms with Crippen LogP contribution in [0.5, 0.6) is 5.75 Å². The maximum absolute atomic E-state index is 12.7. The highest BCUT2D eigenvalue weighted by Crippen LogP contribution is 2.31. The SMILES string of the molecule is COc1cc([N+](=O)[O-])ccc1NC(=O)CSc1nnc(-c2ccccc2)n1-c1ccc(C)c(C)c1. The maximum atomic E-state index is 12.7. The average Bonchev–Trinajstić information content (AvgIpc) is 3.29. The van der Waals surface area contributed by atoms with Crippen LogP contribution in [-0.2, 0) is 4.79 Å². The third-order valence-corrected chi connectivity index (χ3v) is 6.35. The molecule has 1 heterocycles. The fourth-order valence-electron chi connectivity index (χ4n) is 3.45. The lowest BCUT2D eigenvalue weighted by molar-refractivity contribution is -0.384. The van der Waals surface area contributed by atoms with Crippen LogP contribution < -0.4 is 10.1 Å². The predicted molar refractivity (Wildman–Crippen MR) is 135 cm³/mol. The number of carbonyl (C=O) groups is 1. The van der Waals surface area contributed by atoms with Crippen LogP contribution in [-0.4, -0.2) is 38.5 Å². The molecule has 3 aromatic carbocycles. The van der Waals surface area contributed by atoms with E-state index >= 15 is 0 Å². The van der Waals surface area contributed by atoms with Crippen molar-refractivity contribution in [3.05, 3.63) is 88.0 Å². The number of hydrogen-bond acceptors (Lipinski definition) is 7. The number of methoxy groups -OCH3 is 1. The summed E-state index contributed by atoms with van der Waals surface area (Å²) in [6.45, 7) is 4.10. The molecule has 4 aromatic rings. The summed E-state index contributed by atoms with van der Waals surface area (Å²) in [4.78, 5) is 23.2. The van der Waals surface area contributed by atoms with Gasteiger partial charge in [-0.1, -0.05) is 48.2 Å². The summed E-state index contributed by atoms with van der Waals surface area (Å²) >= 11 is 1.24. The van der Waals surface area contributed by atoms with Crippen molar-refractivity contribution < 1.29 is 14.5 Å². The van der Waals surface area contributed by atoms with Crippen LogP contribution in [0.15, 0.2) is 71.9 Å². The van der Waals surface area contributed by atoms with Crippen molar-refractivity contribution in [2.75, 3.05) is 18.2 Å². The average molecular weight is 490 g/mol. The van der Waals surface area contributed by atoms with E-state index in [0.29, 0.717) is 16.7 Å². The molecule has 0 atom stereocenters. The number of rotatable bonds is 8. The number of ether oxygens (including phenoxy) is 1. The number of aromatic nitrogens is 3. The van der Waals surface area contributed by atoms with Gasteiger partial charge in [0, 0.05) is 11.6 Å². The van der Waals surface area contributed by atoms with E-state index in [1.54, 1.807) is 0 Å². The van der Waals surface area contributed by atoms with E-state index < -0.39 is 4.92 Å². The van der Waals surface area contributed by atoms with Gasteiger partial charge < -0.3 is 10.1 Å². The summed E-state index contributed by atoms with van der Waals surface area (Å²) in [6.07, 6.45) is 0. The summed E-state index contributed by atoms with van der Waals surface area (Å²) in [5, 5.41) is 23.1. The van der Waals surface area contributed by atoms with Crippen LogP contribution in [0.2, 0.25) is 0 Å². The molecule has 0 spiro atoms. The number of amides is 1. The molecule has 9 nitrogen and oxygen atoms in total.